The number of carboxylic acid groups (broad SMARTS) is 1. The van der Waals surface area contributed by atoms with E-state index in [1.165, 1.54) is 0 Å². The van der Waals surface area contributed by atoms with E-state index in [2.05, 4.69) is 10.9 Å². The third-order valence-corrected chi connectivity index (χ3v) is 2.81. The number of carbonyl (C=O) groups is 2. The van der Waals surface area contributed by atoms with Crippen LogP contribution >= 0.6 is 0 Å². The number of aryl methyl sites for hydroxylation is 1. The Morgan fingerprint density at radius 3 is 2.85 bits per heavy atom. The zero-order chi connectivity index (χ0) is 14.7. The van der Waals surface area contributed by atoms with E-state index < -0.39 is 18.4 Å². The summed E-state index contributed by atoms with van der Waals surface area (Å²) in [5, 5.41) is 8.80. The summed E-state index contributed by atoms with van der Waals surface area (Å²) < 4.78 is 1.77. The highest BCUT2D eigenvalue weighted by atomic mass is 16.4. The number of rotatable bonds is 4. The number of hydrogen-bond donors (Lipinski definition) is 1. The van der Waals surface area contributed by atoms with Gasteiger partial charge in [0.15, 0.2) is 0 Å². The molecule has 2 aromatic heterocycles. The van der Waals surface area contributed by atoms with Gasteiger partial charge in [-0.3, -0.25) is 9.59 Å². The summed E-state index contributed by atoms with van der Waals surface area (Å²) in [7, 11) is 0. The number of fused-ring (bicyclic) bond motifs is 1. The van der Waals surface area contributed by atoms with E-state index in [1.54, 1.807) is 16.7 Å². The van der Waals surface area contributed by atoms with Crippen molar-refractivity contribution in [1.29, 1.82) is 0 Å². The minimum absolute atomic E-state index is 0.0714. The Balaban J connectivity index is 2.36. The summed E-state index contributed by atoms with van der Waals surface area (Å²) in [5.41, 5.74) is 1.73. The third-order valence-electron chi connectivity index (χ3n) is 2.81. The molecule has 0 bridgehead atoms. The van der Waals surface area contributed by atoms with Crippen LogP contribution in [0.3, 0.4) is 0 Å². The Labute approximate surface area is 115 Å². The van der Waals surface area contributed by atoms with Gasteiger partial charge in [0.25, 0.3) is 5.91 Å². The number of aromatic nitrogens is 2. The summed E-state index contributed by atoms with van der Waals surface area (Å²) in [6.45, 7) is 1.37. The lowest BCUT2D eigenvalue weighted by atomic mass is 10.3. The average Bonchev–Trinajstić information content (AvgIpc) is 2.82. The Kier molecular flexibility index (Phi) is 3.71. The van der Waals surface area contributed by atoms with Crippen LogP contribution in [0.5, 0.6) is 0 Å². The fraction of sp³-hybridized carbons (Fsp3) is 0.214. The Morgan fingerprint density at radius 1 is 1.50 bits per heavy atom. The molecule has 1 amide bonds. The molecule has 0 fully saturated rings. The smallest absolute Gasteiger partial charge is 0.323 e. The molecule has 6 heteroatoms. The summed E-state index contributed by atoms with van der Waals surface area (Å²) in [6, 6.07) is 5.49. The zero-order valence-corrected chi connectivity index (χ0v) is 10.9. The lowest BCUT2D eigenvalue weighted by Gasteiger charge is -2.16. The quantitative estimate of drug-likeness (QED) is 0.835. The van der Waals surface area contributed by atoms with E-state index in [0.29, 0.717) is 5.65 Å². The molecule has 2 aromatic rings. The van der Waals surface area contributed by atoms with Crippen molar-refractivity contribution < 1.29 is 14.7 Å². The molecule has 102 valence electrons. The van der Waals surface area contributed by atoms with Crippen LogP contribution < -0.4 is 0 Å². The average molecular weight is 271 g/mol. The second kappa shape index (κ2) is 5.45. The molecule has 0 aliphatic carbocycles. The van der Waals surface area contributed by atoms with Crippen molar-refractivity contribution in [2.45, 2.75) is 6.92 Å². The number of nitrogens with zero attached hydrogens (tertiary/aromatic N) is 3. The predicted molar refractivity (Wildman–Crippen MR) is 72.3 cm³/mol. The summed E-state index contributed by atoms with van der Waals surface area (Å²) >= 11 is 0. The van der Waals surface area contributed by atoms with Crippen molar-refractivity contribution in [3.05, 3.63) is 35.8 Å². The molecule has 0 saturated carbocycles. The number of amides is 1. The topological polar surface area (TPSA) is 74.9 Å². The van der Waals surface area contributed by atoms with Gasteiger partial charge in [-0.15, -0.1) is 6.42 Å². The molecule has 1 N–H and O–H groups in total. The predicted octanol–water partition coefficient (Wildman–Crippen LogP) is 0.803. The molecule has 0 aromatic carbocycles. The Bertz CT molecular complexity index is 712. The maximum atomic E-state index is 12.2. The van der Waals surface area contributed by atoms with Gasteiger partial charge < -0.3 is 14.4 Å². The van der Waals surface area contributed by atoms with Gasteiger partial charge in [-0.05, 0) is 19.1 Å². The lowest BCUT2D eigenvalue weighted by molar-refractivity contribution is -0.137. The van der Waals surface area contributed by atoms with Gasteiger partial charge in [0, 0.05) is 11.9 Å². The molecule has 0 aliphatic heterocycles. The molecule has 2 rings (SSSR count). The van der Waals surface area contributed by atoms with Crippen LogP contribution in [-0.4, -0.2) is 44.4 Å². The number of terminal acetylenes is 1. The Hall–Kier alpha value is -2.81. The van der Waals surface area contributed by atoms with Crippen molar-refractivity contribution in [1.82, 2.24) is 14.3 Å². The first-order valence-corrected chi connectivity index (χ1v) is 5.92. The largest absolute Gasteiger partial charge is 0.480 e. The monoisotopic (exact) mass is 271 g/mol. The zero-order valence-electron chi connectivity index (χ0n) is 10.9. The maximum absolute atomic E-state index is 12.2. The lowest BCUT2D eigenvalue weighted by Crippen LogP contribution is -2.36. The van der Waals surface area contributed by atoms with E-state index in [-0.39, 0.29) is 12.2 Å². The summed E-state index contributed by atoms with van der Waals surface area (Å²) in [5.74, 6) is 0.667. The van der Waals surface area contributed by atoms with E-state index in [1.807, 2.05) is 19.1 Å². The van der Waals surface area contributed by atoms with E-state index in [9.17, 15) is 9.59 Å². The molecule has 6 nitrogen and oxygen atoms in total. The number of hydrogen-bond acceptors (Lipinski definition) is 3. The fourth-order valence-corrected chi connectivity index (χ4v) is 1.89. The molecule has 0 atom stereocenters. The first-order chi connectivity index (χ1) is 9.52. The van der Waals surface area contributed by atoms with Gasteiger partial charge in [0.2, 0.25) is 0 Å². The van der Waals surface area contributed by atoms with E-state index in [0.717, 1.165) is 10.6 Å². The van der Waals surface area contributed by atoms with Crippen molar-refractivity contribution in [2.75, 3.05) is 13.1 Å². The van der Waals surface area contributed by atoms with Crippen molar-refractivity contribution in [3.63, 3.8) is 0 Å². The minimum Gasteiger partial charge on any atom is -0.480 e. The number of imidazole rings is 1. The molecule has 2 heterocycles. The standard InChI is InChI=1S/C14H13N3O3/c1-3-7-16(9-13(18)19)14(20)11-8-17-10(2)5-4-6-12(17)15-11/h1,4-6,8H,7,9H2,2H3,(H,18,19). The van der Waals surface area contributed by atoms with Gasteiger partial charge in [-0.2, -0.15) is 0 Å². The SMILES string of the molecule is C#CCN(CC(=O)O)C(=O)c1cn2c(C)cccc2n1. The number of carbonyl (C=O) groups excluding carboxylic acids is 1. The molecule has 0 aliphatic rings. The molecular weight excluding hydrogens is 258 g/mol. The van der Waals surface area contributed by atoms with Crippen LogP contribution in [0, 0.1) is 19.3 Å². The minimum atomic E-state index is -1.12. The van der Waals surface area contributed by atoms with Gasteiger partial charge in [0.05, 0.1) is 6.54 Å². The van der Waals surface area contributed by atoms with Crippen LogP contribution in [-0.2, 0) is 4.79 Å². The first kappa shape index (κ1) is 13.6. The number of pyridine rings is 1. The highest BCUT2D eigenvalue weighted by molar-refractivity contribution is 5.94. The molecule has 0 radical (unpaired) electrons. The molecule has 0 spiro atoms. The Morgan fingerprint density at radius 2 is 2.25 bits per heavy atom. The van der Waals surface area contributed by atoms with Gasteiger partial charge in [-0.1, -0.05) is 12.0 Å². The van der Waals surface area contributed by atoms with E-state index in [4.69, 9.17) is 11.5 Å². The van der Waals surface area contributed by atoms with Gasteiger partial charge in [-0.25, -0.2) is 4.98 Å². The third kappa shape index (κ3) is 2.62. The second-order valence-corrected chi connectivity index (χ2v) is 4.28. The van der Waals surface area contributed by atoms with Crippen molar-refractivity contribution >= 4 is 17.5 Å². The highest BCUT2D eigenvalue weighted by Gasteiger charge is 2.20. The van der Waals surface area contributed by atoms with Crippen molar-refractivity contribution in [2.24, 2.45) is 0 Å². The van der Waals surface area contributed by atoms with Crippen LogP contribution in [0.1, 0.15) is 16.2 Å². The highest BCUT2D eigenvalue weighted by Crippen LogP contribution is 2.10. The molecule has 20 heavy (non-hydrogen) atoms. The van der Waals surface area contributed by atoms with Crippen LogP contribution in [0.25, 0.3) is 5.65 Å². The molecule has 0 unspecified atom stereocenters. The first-order valence-electron chi connectivity index (χ1n) is 5.92. The summed E-state index contributed by atoms with van der Waals surface area (Å²) in [4.78, 5) is 28.3. The van der Waals surface area contributed by atoms with Gasteiger partial charge >= 0.3 is 5.97 Å². The van der Waals surface area contributed by atoms with Crippen LogP contribution in [0.15, 0.2) is 24.4 Å². The molecule has 0 saturated heterocycles. The number of aliphatic carboxylic acids is 1. The van der Waals surface area contributed by atoms with E-state index >= 15 is 0 Å². The normalized spacial score (nSPS) is 10.2. The fourth-order valence-electron chi connectivity index (χ4n) is 1.89. The van der Waals surface area contributed by atoms with Crippen molar-refractivity contribution in [3.8, 4) is 12.3 Å². The second-order valence-electron chi connectivity index (χ2n) is 4.28. The summed E-state index contributed by atoms with van der Waals surface area (Å²) in [6.07, 6.45) is 6.74. The molecular formula is C14H13N3O3. The van der Waals surface area contributed by atoms with Gasteiger partial charge in [0.1, 0.15) is 17.9 Å². The van der Waals surface area contributed by atoms with Crippen LogP contribution in [0.4, 0.5) is 0 Å². The maximum Gasteiger partial charge on any atom is 0.323 e. The number of carboxylic acids is 1. The van der Waals surface area contributed by atoms with Crippen LogP contribution in [0.2, 0.25) is 0 Å².